The van der Waals surface area contributed by atoms with E-state index in [9.17, 15) is 0 Å². The van der Waals surface area contributed by atoms with Gasteiger partial charge in [-0.25, -0.2) is 0 Å². The van der Waals surface area contributed by atoms with Gasteiger partial charge in [0, 0.05) is 199 Å². The van der Waals surface area contributed by atoms with E-state index in [1.807, 2.05) is 0 Å². The Balaban J connectivity index is 0.000000467. The fourth-order valence-corrected chi connectivity index (χ4v) is 10.9. The molecule has 8 unspecified atom stereocenters. The minimum Gasteiger partial charge on any atom is -0.327 e. The molecule has 4 saturated heterocycles. The first-order valence-corrected chi connectivity index (χ1v) is 27.8. The average Bonchev–Trinajstić information content (AvgIpc) is 3.18. The standard InChI is InChI=1S/3C14H32N4.C12H28N4/c1-12(2,15)9-17-7-8-18(10-13(3,4)16)14(5,6)11-17;1-10(15)12(3)17-7-8-18(13(4)11(2)16)14(5,6)9-17;1-5-12(15)9-17-7-8-18(10-13(16)6-2)14(3,4)11-17;1-10(13)7-15-5-6-16(8-11(2)14)12(3,4)9-15/h7-11,15-16H2,1-6H3;10-13H,7-9,15-16H2,1-6H3;12-13H,5-11,15-16H2,1-4H3;10-11H,5-9,13-14H2,1-4H3. The van der Waals surface area contributed by atoms with Crippen LogP contribution in [0.5, 0.6) is 0 Å². The molecule has 0 aromatic heterocycles. The van der Waals surface area contributed by atoms with Crippen molar-refractivity contribution in [3.8, 4) is 0 Å². The molecule has 16 heteroatoms. The molecular weight excluding hydrogens is 873 g/mol. The molecule has 0 aromatic rings. The Hall–Kier alpha value is -0.640. The molecule has 4 fully saturated rings. The first kappa shape index (κ1) is 67.4. The monoisotopic (exact) mass is 997 g/mol. The van der Waals surface area contributed by atoms with Crippen LogP contribution in [0.1, 0.15) is 151 Å². The predicted octanol–water partition coefficient (Wildman–Crippen LogP) is 2.65. The van der Waals surface area contributed by atoms with Crippen molar-refractivity contribution in [2.45, 2.75) is 233 Å². The van der Waals surface area contributed by atoms with Crippen LogP contribution in [0.15, 0.2) is 0 Å². The summed E-state index contributed by atoms with van der Waals surface area (Å²) in [5, 5.41) is 0. The van der Waals surface area contributed by atoms with Crippen LogP contribution < -0.4 is 45.9 Å². The Morgan fingerprint density at radius 1 is 0.414 bits per heavy atom. The zero-order valence-electron chi connectivity index (χ0n) is 50.0. The van der Waals surface area contributed by atoms with Gasteiger partial charge in [-0.2, -0.15) is 0 Å². The Labute approximate surface area is 434 Å². The van der Waals surface area contributed by atoms with Gasteiger partial charge in [-0.15, -0.1) is 0 Å². The molecule has 8 atom stereocenters. The lowest BCUT2D eigenvalue weighted by Crippen LogP contribution is -2.66. The minimum absolute atomic E-state index is 0.120. The van der Waals surface area contributed by atoms with Gasteiger partial charge >= 0.3 is 0 Å². The first-order chi connectivity index (χ1) is 31.7. The molecule has 420 valence electrons. The predicted molar refractivity (Wildman–Crippen MR) is 305 cm³/mol. The molecule has 4 aliphatic rings. The second-order valence-corrected chi connectivity index (χ2v) is 26.9. The van der Waals surface area contributed by atoms with Gasteiger partial charge in [-0.05, 0) is 137 Å². The Morgan fingerprint density at radius 2 is 0.800 bits per heavy atom. The number of piperazine rings is 4. The number of rotatable bonds is 18. The van der Waals surface area contributed by atoms with Crippen molar-refractivity contribution in [1.29, 1.82) is 0 Å². The molecular formula is C54H124N16. The number of hydrogen-bond donors (Lipinski definition) is 8. The molecule has 16 nitrogen and oxygen atoms in total. The molecule has 4 rings (SSSR count). The zero-order valence-corrected chi connectivity index (χ0v) is 50.0. The van der Waals surface area contributed by atoms with Gasteiger partial charge in [0.2, 0.25) is 0 Å². The van der Waals surface area contributed by atoms with Crippen LogP contribution in [0.3, 0.4) is 0 Å². The van der Waals surface area contributed by atoms with E-state index >= 15 is 0 Å². The third-order valence-electron chi connectivity index (χ3n) is 15.3. The summed E-state index contributed by atoms with van der Waals surface area (Å²) in [5.74, 6) is 0. The van der Waals surface area contributed by atoms with Crippen LogP contribution in [-0.2, 0) is 0 Å². The Morgan fingerprint density at radius 3 is 1.19 bits per heavy atom. The molecule has 0 aliphatic carbocycles. The van der Waals surface area contributed by atoms with Crippen LogP contribution in [0, 0.1) is 0 Å². The van der Waals surface area contributed by atoms with Crippen molar-refractivity contribution in [1.82, 2.24) is 39.2 Å². The molecule has 0 saturated carbocycles. The fraction of sp³-hybridized carbons (Fsp3) is 1.00. The van der Waals surface area contributed by atoms with E-state index in [-0.39, 0.29) is 57.4 Å². The van der Waals surface area contributed by atoms with Crippen LogP contribution >= 0.6 is 0 Å². The topological polar surface area (TPSA) is 234 Å². The van der Waals surface area contributed by atoms with Crippen molar-refractivity contribution in [3.63, 3.8) is 0 Å². The molecule has 0 spiro atoms. The van der Waals surface area contributed by atoms with Crippen LogP contribution in [0.25, 0.3) is 0 Å². The van der Waals surface area contributed by atoms with Crippen molar-refractivity contribution in [2.75, 3.05) is 118 Å². The van der Waals surface area contributed by atoms with Crippen LogP contribution in [-0.4, -0.2) is 239 Å². The zero-order chi connectivity index (χ0) is 54.4. The summed E-state index contributed by atoms with van der Waals surface area (Å²) in [5.41, 5.74) is 48.7. The van der Waals surface area contributed by atoms with Crippen molar-refractivity contribution >= 4 is 0 Å². The number of hydrogen-bond acceptors (Lipinski definition) is 16. The van der Waals surface area contributed by atoms with E-state index in [0.29, 0.717) is 24.2 Å². The lowest BCUT2D eigenvalue weighted by atomic mass is 9.93. The number of nitrogens with two attached hydrogens (primary N) is 8. The number of nitrogens with zero attached hydrogens (tertiary/aromatic N) is 8. The summed E-state index contributed by atoms with van der Waals surface area (Å²) in [6.45, 7) is 62.9. The summed E-state index contributed by atoms with van der Waals surface area (Å²) in [6, 6.07) is 2.42. The highest BCUT2D eigenvalue weighted by Gasteiger charge is 2.40. The average molecular weight is 998 g/mol. The van der Waals surface area contributed by atoms with Crippen molar-refractivity contribution in [3.05, 3.63) is 0 Å². The van der Waals surface area contributed by atoms with Crippen LogP contribution in [0.2, 0.25) is 0 Å². The van der Waals surface area contributed by atoms with Gasteiger partial charge in [0.25, 0.3) is 0 Å². The maximum atomic E-state index is 6.15. The lowest BCUT2D eigenvalue weighted by Gasteiger charge is -2.52. The Kier molecular flexibility index (Phi) is 27.9. The van der Waals surface area contributed by atoms with E-state index in [1.165, 1.54) is 0 Å². The molecule has 0 aromatic carbocycles. The SMILES string of the molecule is CC(C)(N)CN1CCN(CC(C)(C)N)C(C)(C)C1.CC(N)C(C)N1CCN(C(C)C(C)N)C(C)(C)C1.CC(N)CN1CCN(CC(C)N)C(C)(C)C1.CCC(N)CN1CCN(CC(N)CC)C(C)(C)C1. The van der Waals surface area contributed by atoms with Crippen LogP contribution in [0.4, 0.5) is 0 Å². The van der Waals surface area contributed by atoms with Gasteiger partial charge in [-0.1, -0.05) is 13.8 Å². The highest BCUT2D eigenvalue weighted by Crippen LogP contribution is 2.27. The maximum absolute atomic E-state index is 6.15. The van der Waals surface area contributed by atoms with E-state index in [4.69, 9.17) is 45.9 Å². The molecule has 0 amide bonds. The van der Waals surface area contributed by atoms with Gasteiger partial charge < -0.3 is 45.9 Å². The molecule has 16 N–H and O–H groups in total. The van der Waals surface area contributed by atoms with Gasteiger partial charge in [0.1, 0.15) is 0 Å². The van der Waals surface area contributed by atoms with E-state index in [2.05, 4.69) is 178 Å². The van der Waals surface area contributed by atoms with Gasteiger partial charge in [0.05, 0.1) is 0 Å². The van der Waals surface area contributed by atoms with Crippen molar-refractivity contribution in [2.24, 2.45) is 45.9 Å². The summed E-state index contributed by atoms with van der Waals surface area (Å²) in [6.07, 6.45) is 2.11. The largest absolute Gasteiger partial charge is 0.327 e. The molecule has 0 bridgehead atoms. The Bertz CT molecular complexity index is 1400. The van der Waals surface area contributed by atoms with E-state index in [0.717, 1.165) is 131 Å². The lowest BCUT2D eigenvalue weighted by molar-refractivity contribution is -0.0272. The third kappa shape index (κ3) is 24.8. The smallest absolute Gasteiger partial charge is 0.0284 e. The van der Waals surface area contributed by atoms with Crippen molar-refractivity contribution < 1.29 is 0 Å². The second kappa shape index (κ2) is 29.0. The van der Waals surface area contributed by atoms with Gasteiger partial charge in [-0.3, -0.25) is 39.2 Å². The molecule has 4 aliphatic heterocycles. The molecule has 0 radical (unpaired) electrons. The minimum atomic E-state index is -0.132. The summed E-state index contributed by atoms with van der Waals surface area (Å²) >= 11 is 0. The highest BCUT2D eigenvalue weighted by molar-refractivity contribution is 4.98. The molecule has 70 heavy (non-hydrogen) atoms. The van der Waals surface area contributed by atoms with E-state index in [1.54, 1.807) is 0 Å². The fourth-order valence-electron chi connectivity index (χ4n) is 10.9. The highest BCUT2D eigenvalue weighted by atomic mass is 15.4. The second-order valence-electron chi connectivity index (χ2n) is 26.9. The normalized spacial score (nSPS) is 25.9. The third-order valence-corrected chi connectivity index (χ3v) is 15.3. The molecule has 4 heterocycles. The van der Waals surface area contributed by atoms with Gasteiger partial charge in [0.15, 0.2) is 0 Å². The first-order valence-electron chi connectivity index (χ1n) is 27.8. The summed E-state index contributed by atoms with van der Waals surface area (Å²) in [7, 11) is 0. The summed E-state index contributed by atoms with van der Waals surface area (Å²) < 4.78 is 0. The quantitative estimate of drug-likeness (QED) is 0.0987. The van der Waals surface area contributed by atoms with E-state index < -0.39 is 0 Å². The maximum Gasteiger partial charge on any atom is 0.0284 e. The summed E-state index contributed by atoms with van der Waals surface area (Å²) in [4.78, 5) is 20.0.